The van der Waals surface area contributed by atoms with Gasteiger partial charge in [0.15, 0.2) is 11.5 Å². The summed E-state index contributed by atoms with van der Waals surface area (Å²) in [7, 11) is 0.819. The maximum Gasteiger partial charge on any atom is 0.254 e. The molecule has 1 aliphatic rings. The fourth-order valence-electron chi connectivity index (χ4n) is 4.06. The van der Waals surface area contributed by atoms with Crippen LogP contribution in [0.1, 0.15) is 10.4 Å². The number of piperazine rings is 1. The van der Waals surface area contributed by atoms with E-state index >= 15 is 0 Å². The Balaban J connectivity index is 1.52. The molecule has 33 heavy (non-hydrogen) atoms. The third-order valence-electron chi connectivity index (χ3n) is 5.85. The minimum atomic E-state index is -3.73. The van der Waals surface area contributed by atoms with Crippen LogP contribution in [0.25, 0.3) is 10.8 Å². The molecular formula is C24H26N2O6S. The summed E-state index contributed by atoms with van der Waals surface area (Å²) in [6.45, 7) is 1.00. The number of ether oxygens (including phenoxy) is 3. The zero-order valence-electron chi connectivity index (χ0n) is 18.8. The van der Waals surface area contributed by atoms with Crippen LogP contribution < -0.4 is 14.2 Å². The Morgan fingerprint density at radius 1 is 0.758 bits per heavy atom. The van der Waals surface area contributed by atoms with Gasteiger partial charge in [-0.3, -0.25) is 4.79 Å². The number of benzene rings is 3. The van der Waals surface area contributed by atoms with Crippen LogP contribution in [0, 0.1) is 0 Å². The minimum Gasteiger partial charge on any atom is -0.496 e. The molecule has 9 heteroatoms. The van der Waals surface area contributed by atoms with E-state index in [4.69, 9.17) is 14.2 Å². The van der Waals surface area contributed by atoms with Crippen molar-refractivity contribution in [2.24, 2.45) is 0 Å². The molecule has 0 bridgehead atoms. The van der Waals surface area contributed by atoms with Crippen LogP contribution in [-0.4, -0.2) is 71.0 Å². The van der Waals surface area contributed by atoms with E-state index in [2.05, 4.69) is 0 Å². The lowest BCUT2D eigenvalue weighted by atomic mass is 10.0. The fourth-order valence-corrected chi connectivity index (χ4v) is 5.50. The first-order valence-corrected chi connectivity index (χ1v) is 11.9. The molecule has 0 atom stereocenters. The van der Waals surface area contributed by atoms with Crippen molar-refractivity contribution in [3.8, 4) is 17.2 Å². The number of carbonyl (C=O) groups is 1. The zero-order valence-corrected chi connectivity index (χ0v) is 19.6. The van der Waals surface area contributed by atoms with Crippen molar-refractivity contribution in [2.75, 3.05) is 47.5 Å². The van der Waals surface area contributed by atoms with E-state index in [0.717, 1.165) is 10.8 Å². The molecule has 3 aromatic rings. The normalized spacial score (nSPS) is 14.8. The molecule has 1 fully saturated rings. The van der Waals surface area contributed by atoms with Gasteiger partial charge in [-0.2, -0.15) is 4.31 Å². The average molecular weight is 471 g/mol. The van der Waals surface area contributed by atoms with Crippen molar-refractivity contribution in [3.05, 3.63) is 60.2 Å². The lowest BCUT2D eigenvalue weighted by Gasteiger charge is -2.34. The van der Waals surface area contributed by atoms with Gasteiger partial charge in [0.05, 0.1) is 26.2 Å². The van der Waals surface area contributed by atoms with Crippen LogP contribution in [0.3, 0.4) is 0 Å². The summed E-state index contributed by atoms with van der Waals surface area (Å²) in [5.74, 6) is 1.38. The van der Waals surface area contributed by atoms with Crippen molar-refractivity contribution >= 4 is 26.7 Å². The second-order valence-electron chi connectivity index (χ2n) is 7.57. The molecule has 0 aromatic heterocycles. The predicted molar refractivity (Wildman–Crippen MR) is 125 cm³/mol. The number of nitrogens with zero attached hydrogens (tertiary/aromatic N) is 2. The lowest BCUT2D eigenvalue weighted by molar-refractivity contribution is 0.0700. The highest BCUT2D eigenvalue weighted by Gasteiger charge is 2.31. The SMILES string of the molecule is COc1ccc(S(=O)(=O)N2CCN(C(=O)c3ccc(OC)c4ccccc34)CC2)cc1OC. The maximum atomic E-state index is 13.3. The van der Waals surface area contributed by atoms with E-state index in [0.29, 0.717) is 35.9 Å². The van der Waals surface area contributed by atoms with Crippen LogP contribution >= 0.6 is 0 Å². The summed E-state index contributed by atoms with van der Waals surface area (Å²) < 4.78 is 43.6. The first-order valence-electron chi connectivity index (χ1n) is 10.5. The number of hydrogen-bond donors (Lipinski definition) is 0. The van der Waals surface area contributed by atoms with Gasteiger partial charge in [-0.25, -0.2) is 8.42 Å². The van der Waals surface area contributed by atoms with E-state index in [1.54, 1.807) is 30.2 Å². The molecule has 8 nitrogen and oxygen atoms in total. The molecule has 0 spiro atoms. The van der Waals surface area contributed by atoms with Crippen molar-refractivity contribution in [2.45, 2.75) is 4.90 Å². The Hall–Kier alpha value is -3.30. The highest BCUT2D eigenvalue weighted by atomic mass is 32.2. The number of sulfonamides is 1. The first-order chi connectivity index (χ1) is 15.9. The number of fused-ring (bicyclic) bond motifs is 1. The van der Waals surface area contributed by atoms with Gasteiger partial charge in [-0.15, -0.1) is 0 Å². The number of methoxy groups -OCH3 is 3. The van der Waals surface area contributed by atoms with Gasteiger partial charge in [-0.1, -0.05) is 24.3 Å². The number of hydrogen-bond acceptors (Lipinski definition) is 6. The number of rotatable bonds is 6. The van der Waals surface area contributed by atoms with Crippen LogP contribution in [0.5, 0.6) is 17.2 Å². The third kappa shape index (κ3) is 4.21. The van der Waals surface area contributed by atoms with Gasteiger partial charge in [-0.05, 0) is 29.7 Å². The standard InChI is InChI=1S/C24H26N2O6S/c1-30-21-11-9-20(18-6-4-5-7-19(18)21)24(27)25-12-14-26(15-13-25)33(28,29)17-8-10-22(31-2)23(16-17)32-3/h4-11,16H,12-15H2,1-3H3. The summed E-state index contributed by atoms with van der Waals surface area (Å²) in [5, 5.41) is 1.67. The molecule has 1 heterocycles. The zero-order chi connectivity index (χ0) is 23.6. The van der Waals surface area contributed by atoms with Gasteiger partial charge in [0.2, 0.25) is 10.0 Å². The summed E-state index contributed by atoms with van der Waals surface area (Å²) in [4.78, 5) is 15.1. The topological polar surface area (TPSA) is 85.4 Å². The molecular weight excluding hydrogens is 444 g/mol. The summed E-state index contributed by atoms with van der Waals surface area (Å²) in [6.07, 6.45) is 0. The van der Waals surface area contributed by atoms with Gasteiger partial charge >= 0.3 is 0 Å². The Bertz CT molecular complexity index is 1280. The molecule has 0 radical (unpaired) electrons. The van der Waals surface area contributed by atoms with E-state index in [1.807, 2.05) is 24.3 Å². The van der Waals surface area contributed by atoms with Gasteiger partial charge in [0.1, 0.15) is 5.75 Å². The van der Waals surface area contributed by atoms with Crippen molar-refractivity contribution in [1.29, 1.82) is 0 Å². The monoisotopic (exact) mass is 470 g/mol. The predicted octanol–water partition coefficient (Wildman–Crippen LogP) is 3.01. The minimum absolute atomic E-state index is 0.126. The second kappa shape index (κ2) is 9.29. The van der Waals surface area contributed by atoms with Crippen LogP contribution in [0.2, 0.25) is 0 Å². The fraction of sp³-hybridized carbons (Fsp3) is 0.292. The molecule has 1 amide bonds. The molecule has 4 rings (SSSR count). The van der Waals surface area contributed by atoms with Crippen LogP contribution in [-0.2, 0) is 10.0 Å². The average Bonchev–Trinajstić information content (AvgIpc) is 2.87. The van der Waals surface area contributed by atoms with Crippen molar-refractivity contribution < 1.29 is 27.4 Å². The first kappa shape index (κ1) is 22.9. The van der Waals surface area contributed by atoms with Crippen LogP contribution in [0.4, 0.5) is 0 Å². The summed E-state index contributed by atoms with van der Waals surface area (Å²) in [5.41, 5.74) is 0.572. The van der Waals surface area contributed by atoms with E-state index < -0.39 is 10.0 Å². The van der Waals surface area contributed by atoms with Gasteiger partial charge in [0, 0.05) is 43.2 Å². The highest BCUT2D eigenvalue weighted by molar-refractivity contribution is 7.89. The van der Waals surface area contributed by atoms with Gasteiger partial charge in [0.25, 0.3) is 5.91 Å². The number of amides is 1. The molecule has 0 saturated carbocycles. The maximum absolute atomic E-state index is 13.3. The summed E-state index contributed by atoms with van der Waals surface area (Å²) in [6, 6.07) is 15.7. The molecule has 0 unspecified atom stereocenters. The Morgan fingerprint density at radius 2 is 1.36 bits per heavy atom. The molecule has 1 aliphatic heterocycles. The van der Waals surface area contributed by atoms with Crippen LogP contribution in [0.15, 0.2) is 59.5 Å². The molecule has 174 valence electrons. The van der Waals surface area contributed by atoms with Crippen molar-refractivity contribution in [3.63, 3.8) is 0 Å². The summed E-state index contributed by atoms with van der Waals surface area (Å²) >= 11 is 0. The Kier molecular flexibility index (Phi) is 6.44. The Morgan fingerprint density at radius 3 is 2.00 bits per heavy atom. The van der Waals surface area contributed by atoms with E-state index in [-0.39, 0.29) is 23.9 Å². The highest BCUT2D eigenvalue weighted by Crippen LogP contribution is 2.32. The molecule has 1 saturated heterocycles. The Labute approximate surface area is 193 Å². The largest absolute Gasteiger partial charge is 0.496 e. The lowest BCUT2D eigenvalue weighted by Crippen LogP contribution is -2.50. The quantitative estimate of drug-likeness (QED) is 0.551. The van der Waals surface area contributed by atoms with Gasteiger partial charge < -0.3 is 19.1 Å². The molecule has 0 aliphatic carbocycles. The van der Waals surface area contributed by atoms with Crippen molar-refractivity contribution in [1.82, 2.24) is 9.21 Å². The number of carbonyl (C=O) groups excluding carboxylic acids is 1. The molecule has 3 aromatic carbocycles. The molecule has 0 N–H and O–H groups in total. The van der Waals surface area contributed by atoms with E-state index in [1.165, 1.54) is 30.7 Å². The smallest absolute Gasteiger partial charge is 0.254 e. The van der Waals surface area contributed by atoms with E-state index in [9.17, 15) is 13.2 Å². The third-order valence-corrected chi connectivity index (χ3v) is 7.75. The second-order valence-corrected chi connectivity index (χ2v) is 9.51.